The molecule has 17 heavy (non-hydrogen) atoms. The summed E-state index contributed by atoms with van der Waals surface area (Å²) in [7, 11) is 1.66. The van der Waals surface area contributed by atoms with Crippen molar-refractivity contribution < 1.29 is 9.84 Å². The third-order valence-corrected chi connectivity index (χ3v) is 3.18. The monoisotopic (exact) mass is 237 g/mol. The van der Waals surface area contributed by atoms with E-state index in [1.807, 2.05) is 39.0 Å². The van der Waals surface area contributed by atoms with E-state index in [0.29, 0.717) is 13.0 Å². The highest BCUT2D eigenvalue weighted by molar-refractivity contribution is 5.38. The molecule has 0 radical (unpaired) electrons. The SMILES string of the molecule is CCNCC(O)(CC)c1ccc(OC)c(C)c1. The number of hydrogen-bond acceptors (Lipinski definition) is 3. The second kappa shape index (κ2) is 6.03. The normalized spacial score (nSPS) is 14.4. The Balaban J connectivity index is 2.99. The van der Waals surface area contributed by atoms with Crippen LogP contribution in [0.5, 0.6) is 5.75 Å². The largest absolute Gasteiger partial charge is 0.496 e. The quantitative estimate of drug-likeness (QED) is 0.797. The lowest BCUT2D eigenvalue weighted by molar-refractivity contribution is 0.0331. The topological polar surface area (TPSA) is 41.5 Å². The lowest BCUT2D eigenvalue weighted by Crippen LogP contribution is -2.37. The van der Waals surface area contributed by atoms with E-state index in [9.17, 15) is 5.11 Å². The zero-order chi connectivity index (χ0) is 12.9. The first-order valence-corrected chi connectivity index (χ1v) is 6.15. The van der Waals surface area contributed by atoms with Crippen LogP contribution in [0.4, 0.5) is 0 Å². The van der Waals surface area contributed by atoms with Crippen molar-refractivity contribution in [2.45, 2.75) is 32.8 Å². The fraction of sp³-hybridized carbons (Fsp3) is 0.571. The van der Waals surface area contributed by atoms with Crippen molar-refractivity contribution in [2.75, 3.05) is 20.2 Å². The van der Waals surface area contributed by atoms with E-state index < -0.39 is 5.60 Å². The van der Waals surface area contributed by atoms with Crippen LogP contribution in [0.15, 0.2) is 18.2 Å². The van der Waals surface area contributed by atoms with Gasteiger partial charge in [0.05, 0.1) is 7.11 Å². The average molecular weight is 237 g/mol. The fourth-order valence-electron chi connectivity index (χ4n) is 1.93. The third kappa shape index (κ3) is 3.20. The first-order valence-electron chi connectivity index (χ1n) is 6.15. The minimum Gasteiger partial charge on any atom is -0.496 e. The molecule has 0 aliphatic heterocycles. The van der Waals surface area contributed by atoms with Crippen molar-refractivity contribution in [2.24, 2.45) is 0 Å². The van der Waals surface area contributed by atoms with Gasteiger partial charge in [0, 0.05) is 6.54 Å². The maximum atomic E-state index is 10.6. The fourth-order valence-corrected chi connectivity index (χ4v) is 1.93. The number of hydrogen-bond donors (Lipinski definition) is 2. The van der Waals surface area contributed by atoms with E-state index in [1.54, 1.807) is 7.11 Å². The van der Waals surface area contributed by atoms with E-state index in [2.05, 4.69) is 5.32 Å². The molecule has 0 amide bonds. The van der Waals surface area contributed by atoms with Gasteiger partial charge in [0.2, 0.25) is 0 Å². The molecule has 3 nitrogen and oxygen atoms in total. The van der Waals surface area contributed by atoms with Crippen LogP contribution in [0.1, 0.15) is 31.4 Å². The van der Waals surface area contributed by atoms with Gasteiger partial charge in [-0.15, -0.1) is 0 Å². The Bertz CT molecular complexity index is 365. The maximum Gasteiger partial charge on any atom is 0.121 e. The van der Waals surface area contributed by atoms with Crippen LogP contribution in [0.25, 0.3) is 0 Å². The maximum absolute atomic E-state index is 10.6. The van der Waals surface area contributed by atoms with E-state index in [0.717, 1.165) is 23.4 Å². The highest BCUT2D eigenvalue weighted by atomic mass is 16.5. The second-order valence-electron chi connectivity index (χ2n) is 4.35. The molecule has 0 fully saturated rings. The molecule has 0 bridgehead atoms. The minimum atomic E-state index is -0.799. The lowest BCUT2D eigenvalue weighted by Gasteiger charge is -2.28. The number of rotatable bonds is 6. The Hall–Kier alpha value is -1.06. The summed E-state index contributed by atoms with van der Waals surface area (Å²) in [5.74, 6) is 0.857. The molecule has 0 aliphatic carbocycles. The Morgan fingerprint density at radius 3 is 2.53 bits per heavy atom. The molecule has 0 heterocycles. The Morgan fingerprint density at radius 2 is 2.06 bits per heavy atom. The Morgan fingerprint density at radius 1 is 1.35 bits per heavy atom. The summed E-state index contributed by atoms with van der Waals surface area (Å²) in [6.45, 7) is 7.46. The molecule has 3 heteroatoms. The predicted molar refractivity (Wildman–Crippen MR) is 70.5 cm³/mol. The minimum absolute atomic E-state index is 0.575. The standard InChI is InChI=1S/C14H23NO2/c1-5-14(16,10-15-6-2)12-7-8-13(17-4)11(3)9-12/h7-9,15-16H,5-6,10H2,1-4H3. The molecule has 1 aromatic carbocycles. The molecule has 1 rings (SSSR count). The van der Waals surface area contributed by atoms with Crippen LogP contribution in [-0.4, -0.2) is 25.3 Å². The first-order chi connectivity index (χ1) is 8.07. The van der Waals surface area contributed by atoms with Gasteiger partial charge in [0.15, 0.2) is 0 Å². The molecule has 0 saturated heterocycles. The molecule has 2 N–H and O–H groups in total. The molecule has 0 aliphatic rings. The summed E-state index contributed by atoms with van der Waals surface area (Å²) in [5, 5.41) is 13.8. The highest BCUT2D eigenvalue weighted by Gasteiger charge is 2.26. The molecule has 1 aromatic rings. The number of methoxy groups -OCH3 is 1. The first kappa shape index (κ1) is 14.0. The Labute approximate surface area is 104 Å². The third-order valence-electron chi connectivity index (χ3n) is 3.18. The number of nitrogens with one attached hydrogen (secondary N) is 1. The van der Waals surface area contributed by atoms with Crippen LogP contribution in [0, 0.1) is 6.92 Å². The number of aryl methyl sites for hydroxylation is 1. The van der Waals surface area contributed by atoms with Gasteiger partial charge in [-0.05, 0) is 43.1 Å². The second-order valence-corrected chi connectivity index (χ2v) is 4.35. The summed E-state index contributed by atoms with van der Waals surface area (Å²) in [4.78, 5) is 0. The number of aliphatic hydroxyl groups is 1. The summed E-state index contributed by atoms with van der Waals surface area (Å²) in [6.07, 6.45) is 0.686. The Kier molecular flexibility index (Phi) is 4.97. The summed E-state index contributed by atoms with van der Waals surface area (Å²) in [6, 6.07) is 5.85. The van der Waals surface area contributed by atoms with Crippen LogP contribution < -0.4 is 10.1 Å². The smallest absolute Gasteiger partial charge is 0.121 e. The van der Waals surface area contributed by atoms with Crippen molar-refractivity contribution in [1.82, 2.24) is 5.32 Å². The van der Waals surface area contributed by atoms with Crippen LogP contribution in [0.3, 0.4) is 0 Å². The number of ether oxygens (including phenoxy) is 1. The van der Waals surface area contributed by atoms with Crippen LogP contribution in [-0.2, 0) is 5.60 Å². The van der Waals surface area contributed by atoms with Crippen molar-refractivity contribution in [3.63, 3.8) is 0 Å². The van der Waals surface area contributed by atoms with E-state index in [4.69, 9.17) is 4.74 Å². The van der Waals surface area contributed by atoms with Crippen molar-refractivity contribution in [1.29, 1.82) is 0 Å². The van der Waals surface area contributed by atoms with Crippen molar-refractivity contribution in [3.8, 4) is 5.75 Å². The number of likely N-dealkylation sites (N-methyl/N-ethyl adjacent to an activating group) is 1. The number of benzene rings is 1. The molecule has 1 atom stereocenters. The lowest BCUT2D eigenvalue weighted by atomic mass is 9.90. The molecule has 1 unspecified atom stereocenters. The van der Waals surface area contributed by atoms with Gasteiger partial charge in [-0.2, -0.15) is 0 Å². The van der Waals surface area contributed by atoms with E-state index >= 15 is 0 Å². The molecule has 96 valence electrons. The van der Waals surface area contributed by atoms with Gasteiger partial charge < -0.3 is 15.2 Å². The molecule has 0 saturated carbocycles. The molecule has 0 aromatic heterocycles. The van der Waals surface area contributed by atoms with Gasteiger partial charge in [0.1, 0.15) is 11.4 Å². The molecular formula is C14H23NO2. The molecule has 0 spiro atoms. The average Bonchev–Trinajstić information content (AvgIpc) is 2.35. The zero-order valence-corrected chi connectivity index (χ0v) is 11.2. The van der Waals surface area contributed by atoms with Crippen LogP contribution >= 0.6 is 0 Å². The van der Waals surface area contributed by atoms with Gasteiger partial charge >= 0.3 is 0 Å². The summed E-state index contributed by atoms with van der Waals surface area (Å²) >= 11 is 0. The molecular weight excluding hydrogens is 214 g/mol. The van der Waals surface area contributed by atoms with Crippen molar-refractivity contribution >= 4 is 0 Å². The highest BCUT2D eigenvalue weighted by Crippen LogP contribution is 2.28. The van der Waals surface area contributed by atoms with Gasteiger partial charge in [-0.25, -0.2) is 0 Å². The van der Waals surface area contributed by atoms with Gasteiger partial charge in [-0.1, -0.05) is 19.9 Å². The van der Waals surface area contributed by atoms with Gasteiger partial charge in [-0.3, -0.25) is 0 Å². The van der Waals surface area contributed by atoms with E-state index in [1.165, 1.54) is 0 Å². The van der Waals surface area contributed by atoms with Gasteiger partial charge in [0.25, 0.3) is 0 Å². The summed E-state index contributed by atoms with van der Waals surface area (Å²) < 4.78 is 5.23. The summed E-state index contributed by atoms with van der Waals surface area (Å²) in [5.41, 5.74) is 1.19. The zero-order valence-electron chi connectivity index (χ0n) is 11.2. The van der Waals surface area contributed by atoms with Crippen LogP contribution in [0.2, 0.25) is 0 Å². The van der Waals surface area contributed by atoms with E-state index in [-0.39, 0.29) is 0 Å². The predicted octanol–water partition coefficient (Wildman–Crippen LogP) is 2.21. The van der Waals surface area contributed by atoms with Crippen molar-refractivity contribution in [3.05, 3.63) is 29.3 Å².